The molecule has 3 aliphatic heterocycles. The van der Waals surface area contributed by atoms with Gasteiger partial charge in [0.25, 0.3) is 11.5 Å². The lowest BCUT2D eigenvalue weighted by Crippen LogP contribution is -2.44. The van der Waals surface area contributed by atoms with E-state index in [0.717, 1.165) is 51.3 Å². The average molecular weight is 451 g/mol. The van der Waals surface area contributed by atoms with Gasteiger partial charge in [-0.3, -0.25) is 9.59 Å². The number of nitrogens with one attached hydrogen (secondary N) is 3. The highest BCUT2D eigenvalue weighted by Crippen LogP contribution is 2.29. The second-order valence-electron chi connectivity index (χ2n) is 9.58. The Morgan fingerprint density at radius 2 is 1.79 bits per heavy atom. The lowest BCUT2D eigenvalue weighted by Gasteiger charge is -2.35. The van der Waals surface area contributed by atoms with Crippen molar-refractivity contribution in [1.82, 2.24) is 14.8 Å². The number of hydrogen-bond acceptors (Lipinski definition) is 6. The van der Waals surface area contributed by atoms with Gasteiger partial charge in [0.2, 0.25) is 0 Å². The lowest BCUT2D eigenvalue weighted by molar-refractivity contribution is 0.102. The number of piperidine rings is 1. The Hall–Kier alpha value is -2.84. The minimum Gasteiger partial charge on any atom is -0.381 e. The van der Waals surface area contributed by atoms with Gasteiger partial charge in [-0.1, -0.05) is 0 Å². The first-order chi connectivity index (χ1) is 16.1. The van der Waals surface area contributed by atoms with Crippen LogP contribution in [0.2, 0.25) is 0 Å². The van der Waals surface area contributed by atoms with E-state index in [4.69, 9.17) is 0 Å². The number of nitrogens with zero attached hydrogens (tertiary/aromatic N) is 3. The van der Waals surface area contributed by atoms with Crippen LogP contribution in [0.15, 0.2) is 41.3 Å². The smallest absolute Gasteiger partial charge is 0.263 e. The first-order valence-corrected chi connectivity index (χ1v) is 12.1. The van der Waals surface area contributed by atoms with Gasteiger partial charge in [0.15, 0.2) is 0 Å². The van der Waals surface area contributed by atoms with Crippen molar-refractivity contribution in [3.05, 3.63) is 52.4 Å². The van der Waals surface area contributed by atoms with E-state index in [1.165, 1.54) is 19.4 Å². The highest BCUT2D eigenvalue weighted by molar-refractivity contribution is 6.07. The number of H-pyrrole nitrogens is 1. The summed E-state index contributed by atoms with van der Waals surface area (Å²) in [6.07, 6.45) is 6.20. The first-order valence-electron chi connectivity index (χ1n) is 12.1. The third-order valence-corrected chi connectivity index (χ3v) is 7.36. The molecule has 2 unspecified atom stereocenters. The topological polar surface area (TPSA) is 83.7 Å². The fourth-order valence-electron chi connectivity index (χ4n) is 5.41. The zero-order chi connectivity index (χ0) is 22.8. The molecule has 8 nitrogen and oxygen atoms in total. The van der Waals surface area contributed by atoms with Crippen LogP contribution < -0.4 is 21.1 Å². The summed E-state index contributed by atoms with van der Waals surface area (Å²) in [7, 11) is 2.14. The standard InChI is InChI=1S/C25H34N6O2/c1-29-13-15-31(16-14-29)20-6-4-18(5-7-20)28-25(33)23-22(8-10-26-24(23)32)27-19-9-12-30-11-2-3-21(30)17-19/h4-8,10,19,21H,2-3,9,11-17H2,1H3,(H,28,33)(H2,26,27,32). The van der Waals surface area contributed by atoms with Gasteiger partial charge in [-0.2, -0.15) is 0 Å². The number of carbonyl (C=O) groups is 1. The van der Waals surface area contributed by atoms with Gasteiger partial charge in [0.05, 0.1) is 5.69 Å². The molecule has 3 aliphatic rings. The van der Waals surface area contributed by atoms with Crippen molar-refractivity contribution in [2.24, 2.45) is 0 Å². The van der Waals surface area contributed by atoms with Crippen LogP contribution in [0.5, 0.6) is 0 Å². The first kappa shape index (κ1) is 22.0. The van der Waals surface area contributed by atoms with Crippen LogP contribution in [0.4, 0.5) is 17.1 Å². The molecule has 5 rings (SSSR count). The van der Waals surface area contributed by atoms with Gasteiger partial charge < -0.3 is 30.3 Å². The number of aromatic nitrogens is 1. The van der Waals surface area contributed by atoms with E-state index < -0.39 is 0 Å². The van der Waals surface area contributed by atoms with Crippen LogP contribution >= 0.6 is 0 Å². The van der Waals surface area contributed by atoms with E-state index in [-0.39, 0.29) is 23.1 Å². The third-order valence-electron chi connectivity index (χ3n) is 7.36. The number of aromatic amines is 1. The Morgan fingerprint density at radius 3 is 2.58 bits per heavy atom. The summed E-state index contributed by atoms with van der Waals surface area (Å²) in [4.78, 5) is 35.6. The number of carbonyl (C=O) groups excluding carboxylic acids is 1. The molecule has 0 spiro atoms. The summed E-state index contributed by atoms with van der Waals surface area (Å²) in [5.41, 5.74) is 2.23. The molecule has 176 valence electrons. The van der Waals surface area contributed by atoms with Crippen molar-refractivity contribution in [2.75, 3.05) is 61.8 Å². The zero-order valence-electron chi connectivity index (χ0n) is 19.3. The summed E-state index contributed by atoms with van der Waals surface area (Å²) in [5.74, 6) is -0.384. The molecule has 3 saturated heterocycles. The molecule has 0 radical (unpaired) electrons. The Morgan fingerprint density at radius 1 is 1.00 bits per heavy atom. The number of hydrogen-bond donors (Lipinski definition) is 3. The van der Waals surface area contributed by atoms with Gasteiger partial charge in [-0.05, 0) is 69.6 Å². The fourth-order valence-corrected chi connectivity index (χ4v) is 5.41. The van der Waals surface area contributed by atoms with E-state index in [0.29, 0.717) is 17.4 Å². The molecule has 0 aliphatic carbocycles. The molecule has 0 saturated carbocycles. The molecule has 0 bridgehead atoms. The number of benzene rings is 1. The Bertz CT molecular complexity index is 1030. The van der Waals surface area contributed by atoms with E-state index in [1.54, 1.807) is 12.3 Å². The molecule has 1 amide bonds. The number of pyridine rings is 1. The van der Waals surface area contributed by atoms with Crippen molar-refractivity contribution < 1.29 is 4.79 Å². The average Bonchev–Trinajstić information content (AvgIpc) is 3.28. The predicted molar refractivity (Wildman–Crippen MR) is 132 cm³/mol. The van der Waals surface area contributed by atoms with Crippen LogP contribution in [-0.4, -0.2) is 79.1 Å². The van der Waals surface area contributed by atoms with Crippen molar-refractivity contribution in [1.29, 1.82) is 0 Å². The molecule has 2 atom stereocenters. The summed E-state index contributed by atoms with van der Waals surface area (Å²) in [6.45, 7) is 6.36. The van der Waals surface area contributed by atoms with Gasteiger partial charge in [0.1, 0.15) is 5.56 Å². The van der Waals surface area contributed by atoms with Crippen LogP contribution in [0.1, 0.15) is 36.0 Å². The second-order valence-corrected chi connectivity index (χ2v) is 9.58. The van der Waals surface area contributed by atoms with E-state index in [1.807, 2.05) is 24.3 Å². The lowest BCUT2D eigenvalue weighted by atomic mass is 9.97. The molecule has 1 aromatic carbocycles. The van der Waals surface area contributed by atoms with Crippen molar-refractivity contribution >= 4 is 23.0 Å². The van der Waals surface area contributed by atoms with Gasteiger partial charge in [-0.15, -0.1) is 0 Å². The molecule has 2 aromatic rings. The number of likely N-dealkylation sites (N-methyl/N-ethyl adjacent to an activating group) is 1. The predicted octanol–water partition coefficient (Wildman–Crippen LogP) is 2.42. The largest absolute Gasteiger partial charge is 0.381 e. The summed E-state index contributed by atoms with van der Waals surface area (Å²) >= 11 is 0. The van der Waals surface area contributed by atoms with E-state index >= 15 is 0 Å². The summed E-state index contributed by atoms with van der Waals surface area (Å²) in [5, 5.41) is 6.42. The number of fused-ring (bicyclic) bond motifs is 1. The Kier molecular flexibility index (Phi) is 6.37. The SMILES string of the molecule is CN1CCN(c2ccc(NC(=O)c3c(NC4CCN5CCCC5C4)cc[nH]c3=O)cc2)CC1. The molecule has 3 fully saturated rings. The van der Waals surface area contributed by atoms with Crippen LogP contribution in [0, 0.1) is 0 Å². The van der Waals surface area contributed by atoms with Crippen molar-refractivity contribution in [3.8, 4) is 0 Å². The maximum atomic E-state index is 13.1. The fraction of sp³-hybridized carbons (Fsp3) is 0.520. The van der Waals surface area contributed by atoms with Gasteiger partial charge >= 0.3 is 0 Å². The normalized spacial score (nSPS) is 23.8. The molecular formula is C25H34N6O2. The minimum absolute atomic E-state index is 0.148. The molecular weight excluding hydrogens is 416 g/mol. The number of amides is 1. The summed E-state index contributed by atoms with van der Waals surface area (Å²) < 4.78 is 0. The van der Waals surface area contributed by atoms with Gasteiger partial charge in [-0.25, -0.2) is 0 Å². The van der Waals surface area contributed by atoms with Gasteiger partial charge in [0, 0.05) is 62.4 Å². The van der Waals surface area contributed by atoms with Crippen molar-refractivity contribution in [3.63, 3.8) is 0 Å². The third kappa shape index (κ3) is 4.91. The zero-order valence-corrected chi connectivity index (χ0v) is 19.3. The van der Waals surface area contributed by atoms with E-state index in [2.05, 4.69) is 37.4 Å². The van der Waals surface area contributed by atoms with Crippen LogP contribution in [-0.2, 0) is 0 Å². The number of anilines is 3. The number of piperazine rings is 1. The second kappa shape index (κ2) is 9.57. The molecule has 33 heavy (non-hydrogen) atoms. The maximum Gasteiger partial charge on any atom is 0.263 e. The highest BCUT2D eigenvalue weighted by atomic mass is 16.2. The Labute approximate surface area is 195 Å². The van der Waals surface area contributed by atoms with Crippen LogP contribution in [0.25, 0.3) is 0 Å². The van der Waals surface area contributed by atoms with E-state index in [9.17, 15) is 9.59 Å². The molecule has 1 aromatic heterocycles. The molecule has 4 heterocycles. The maximum absolute atomic E-state index is 13.1. The summed E-state index contributed by atoms with van der Waals surface area (Å²) in [6, 6.07) is 10.6. The van der Waals surface area contributed by atoms with Crippen LogP contribution in [0.3, 0.4) is 0 Å². The minimum atomic E-state index is -0.384. The van der Waals surface area contributed by atoms with Crippen molar-refractivity contribution in [2.45, 2.75) is 37.8 Å². The quantitative estimate of drug-likeness (QED) is 0.649. The number of rotatable bonds is 5. The molecule has 8 heteroatoms. The Balaban J connectivity index is 1.26. The highest BCUT2D eigenvalue weighted by Gasteiger charge is 2.32. The molecule has 3 N–H and O–H groups in total. The monoisotopic (exact) mass is 450 g/mol.